The van der Waals surface area contributed by atoms with Crippen molar-refractivity contribution < 1.29 is 9.53 Å². The van der Waals surface area contributed by atoms with E-state index in [2.05, 4.69) is 34.6 Å². The van der Waals surface area contributed by atoms with Gasteiger partial charge in [0.25, 0.3) is 0 Å². The van der Waals surface area contributed by atoms with Gasteiger partial charge >= 0.3 is 0 Å². The first-order valence-corrected chi connectivity index (χ1v) is 10.7. The minimum absolute atomic E-state index is 0.164. The van der Waals surface area contributed by atoms with E-state index in [0.717, 1.165) is 33.2 Å². The van der Waals surface area contributed by atoms with Crippen molar-refractivity contribution in [3.8, 4) is 28.7 Å². The smallest absolute Gasteiger partial charge is 0.242 e. The first-order chi connectivity index (χ1) is 16.1. The second kappa shape index (κ2) is 9.99. The summed E-state index contributed by atoms with van der Waals surface area (Å²) < 4.78 is 5.71. The Bertz CT molecular complexity index is 1350. The standard InChI is InChI=1S/C28H25N3O2/c1-19(29-2)28(32)31-26-18-15-23(24(30-26)16-13-20-9-5-4-6-10-20)27-22-12-8-7-11-21(22)14-17-25(27)33-3/h4-12,14-15,17-19,29H,1-3H3,(H,30,31,32). The number of methoxy groups -OCH3 is 1. The minimum atomic E-state index is -0.344. The monoisotopic (exact) mass is 435 g/mol. The molecule has 5 heteroatoms. The highest BCUT2D eigenvalue weighted by Crippen LogP contribution is 2.38. The molecule has 1 amide bonds. The second-order valence-corrected chi connectivity index (χ2v) is 7.57. The van der Waals surface area contributed by atoms with Gasteiger partial charge in [0.15, 0.2) is 0 Å². The third-order valence-electron chi connectivity index (χ3n) is 5.45. The number of rotatable bonds is 5. The first-order valence-electron chi connectivity index (χ1n) is 10.7. The number of anilines is 1. The largest absolute Gasteiger partial charge is 0.496 e. The van der Waals surface area contributed by atoms with Crippen molar-refractivity contribution in [1.82, 2.24) is 10.3 Å². The molecule has 0 aliphatic heterocycles. The second-order valence-electron chi connectivity index (χ2n) is 7.57. The number of hydrogen-bond donors (Lipinski definition) is 2. The maximum absolute atomic E-state index is 12.4. The Morgan fingerprint density at radius 1 is 0.939 bits per heavy atom. The van der Waals surface area contributed by atoms with Crippen molar-refractivity contribution in [1.29, 1.82) is 0 Å². The van der Waals surface area contributed by atoms with Gasteiger partial charge in [-0.3, -0.25) is 4.79 Å². The van der Waals surface area contributed by atoms with Crippen LogP contribution < -0.4 is 15.4 Å². The summed E-state index contributed by atoms with van der Waals surface area (Å²) in [6, 6.07) is 25.3. The van der Waals surface area contributed by atoms with E-state index >= 15 is 0 Å². The molecule has 0 aliphatic carbocycles. The van der Waals surface area contributed by atoms with Gasteiger partial charge in [-0.15, -0.1) is 0 Å². The van der Waals surface area contributed by atoms with Gasteiger partial charge in [-0.25, -0.2) is 4.98 Å². The number of nitrogens with one attached hydrogen (secondary N) is 2. The summed E-state index contributed by atoms with van der Waals surface area (Å²) in [4.78, 5) is 17.1. The Labute approximate surface area is 193 Å². The Kier molecular flexibility index (Phi) is 6.68. The number of amides is 1. The van der Waals surface area contributed by atoms with Crippen LogP contribution >= 0.6 is 0 Å². The molecule has 4 aromatic rings. The van der Waals surface area contributed by atoms with E-state index in [1.165, 1.54) is 0 Å². The normalized spacial score (nSPS) is 11.4. The Morgan fingerprint density at radius 2 is 1.70 bits per heavy atom. The molecular formula is C28H25N3O2. The molecule has 1 atom stereocenters. The molecule has 0 aliphatic rings. The SMILES string of the molecule is CNC(C)C(=O)Nc1ccc(-c2c(OC)ccc3ccccc23)c(C#Cc2ccccc2)n1. The van der Waals surface area contributed by atoms with Gasteiger partial charge in [-0.1, -0.05) is 54.5 Å². The molecule has 1 aromatic heterocycles. The molecule has 1 unspecified atom stereocenters. The lowest BCUT2D eigenvalue weighted by Gasteiger charge is -2.15. The van der Waals surface area contributed by atoms with Crippen molar-refractivity contribution in [3.05, 3.63) is 90.1 Å². The number of ether oxygens (including phenoxy) is 1. The molecule has 5 nitrogen and oxygen atoms in total. The number of nitrogens with zero attached hydrogens (tertiary/aromatic N) is 1. The van der Waals surface area contributed by atoms with Crippen molar-refractivity contribution in [2.45, 2.75) is 13.0 Å². The highest BCUT2D eigenvalue weighted by molar-refractivity contribution is 6.01. The number of carbonyl (C=O) groups is 1. The number of hydrogen-bond acceptors (Lipinski definition) is 4. The fourth-order valence-electron chi connectivity index (χ4n) is 3.54. The number of fused-ring (bicyclic) bond motifs is 1. The van der Waals surface area contributed by atoms with Crippen LogP contribution in [0.4, 0.5) is 5.82 Å². The molecule has 0 radical (unpaired) electrons. The highest BCUT2D eigenvalue weighted by atomic mass is 16.5. The quantitative estimate of drug-likeness (QED) is 0.440. The Hall–Kier alpha value is -4.14. The van der Waals surface area contributed by atoms with E-state index in [9.17, 15) is 4.79 Å². The lowest BCUT2D eigenvalue weighted by molar-refractivity contribution is -0.117. The van der Waals surface area contributed by atoms with E-state index in [0.29, 0.717) is 11.5 Å². The van der Waals surface area contributed by atoms with Crippen LogP contribution in [-0.2, 0) is 4.79 Å². The molecule has 164 valence electrons. The molecule has 0 fully saturated rings. The van der Waals surface area contributed by atoms with Crippen LogP contribution in [0.2, 0.25) is 0 Å². The molecule has 0 spiro atoms. The molecule has 0 saturated heterocycles. The fraction of sp³-hybridized carbons (Fsp3) is 0.143. The van der Waals surface area contributed by atoms with Crippen LogP contribution in [0.15, 0.2) is 78.9 Å². The summed E-state index contributed by atoms with van der Waals surface area (Å²) in [5, 5.41) is 7.93. The van der Waals surface area contributed by atoms with Gasteiger partial charge in [-0.05, 0) is 61.0 Å². The number of likely N-dealkylation sites (N-methyl/N-ethyl adjacent to an activating group) is 1. The van der Waals surface area contributed by atoms with E-state index in [4.69, 9.17) is 9.72 Å². The van der Waals surface area contributed by atoms with Crippen molar-refractivity contribution >= 4 is 22.5 Å². The number of carbonyl (C=O) groups excluding carboxylic acids is 1. The zero-order chi connectivity index (χ0) is 23.2. The van der Waals surface area contributed by atoms with Crippen LogP contribution in [0, 0.1) is 11.8 Å². The van der Waals surface area contributed by atoms with Crippen LogP contribution in [0.1, 0.15) is 18.2 Å². The van der Waals surface area contributed by atoms with Crippen LogP contribution in [-0.4, -0.2) is 31.1 Å². The number of benzene rings is 3. The van der Waals surface area contributed by atoms with Gasteiger partial charge in [0, 0.05) is 16.7 Å². The zero-order valence-corrected chi connectivity index (χ0v) is 18.8. The molecular weight excluding hydrogens is 410 g/mol. The van der Waals surface area contributed by atoms with Crippen LogP contribution in [0.3, 0.4) is 0 Å². The van der Waals surface area contributed by atoms with Crippen LogP contribution in [0.5, 0.6) is 5.75 Å². The zero-order valence-electron chi connectivity index (χ0n) is 18.8. The third kappa shape index (κ3) is 4.87. The summed E-state index contributed by atoms with van der Waals surface area (Å²) >= 11 is 0. The van der Waals surface area contributed by atoms with E-state index in [-0.39, 0.29) is 11.9 Å². The van der Waals surface area contributed by atoms with Gasteiger partial charge in [0.2, 0.25) is 5.91 Å². The Morgan fingerprint density at radius 3 is 2.45 bits per heavy atom. The summed E-state index contributed by atoms with van der Waals surface area (Å²) in [5.74, 6) is 7.43. The fourth-order valence-corrected chi connectivity index (χ4v) is 3.54. The van der Waals surface area contributed by atoms with Crippen molar-refractivity contribution in [2.75, 3.05) is 19.5 Å². The maximum Gasteiger partial charge on any atom is 0.242 e. The number of pyridine rings is 1. The molecule has 2 N–H and O–H groups in total. The predicted molar refractivity (Wildman–Crippen MR) is 133 cm³/mol. The molecule has 0 saturated carbocycles. The highest BCUT2D eigenvalue weighted by Gasteiger charge is 2.17. The summed E-state index contributed by atoms with van der Waals surface area (Å²) in [7, 11) is 3.40. The first kappa shape index (κ1) is 22.1. The lowest BCUT2D eigenvalue weighted by Crippen LogP contribution is -2.35. The maximum atomic E-state index is 12.4. The lowest BCUT2D eigenvalue weighted by atomic mass is 9.96. The van der Waals surface area contributed by atoms with Gasteiger partial charge < -0.3 is 15.4 Å². The minimum Gasteiger partial charge on any atom is -0.496 e. The van der Waals surface area contributed by atoms with Crippen LogP contribution in [0.25, 0.3) is 21.9 Å². The third-order valence-corrected chi connectivity index (χ3v) is 5.45. The molecule has 1 heterocycles. The molecule has 3 aromatic carbocycles. The molecule has 0 bridgehead atoms. The van der Waals surface area contributed by atoms with E-state index in [1.54, 1.807) is 27.1 Å². The predicted octanol–water partition coefficient (Wildman–Crippen LogP) is 4.86. The van der Waals surface area contributed by atoms with E-state index in [1.807, 2.05) is 60.7 Å². The molecule has 33 heavy (non-hydrogen) atoms. The summed E-state index contributed by atoms with van der Waals surface area (Å²) in [6.07, 6.45) is 0. The average molecular weight is 436 g/mol. The molecule has 4 rings (SSSR count). The van der Waals surface area contributed by atoms with E-state index < -0.39 is 0 Å². The van der Waals surface area contributed by atoms with Gasteiger partial charge in [-0.2, -0.15) is 0 Å². The average Bonchev–Trinajstić information content (AvgIpc) is 2.87. The van der Waals surface area contributed by atoms with Gasteiger partial charge in [0.05, 0.1) is 13.2 Å². The summed E-state index contributed by atoms with van der Waals surface area (Å²) in [5.41, 5.74) is 3.20. The summed E-state index contributed by atoms with van der Waals surface area (Å²) in [6.45, 7) is 1.79. The number of aromatic nitrogens is 1. The van der Waals surface area contributed by atoms with Crippen molar-refractivity contribution in [2.24, 2.45) is 0 Å². The van der Waals surface area contributed by atoms with Gasteiger partial charge in [0.1, 0.15) is 17.3 Å². The van der Waals surface area contributed by atoms with Crippen molar-refractivity contribution in [3.63, 3.8) is 0 Å². The Balaban J connectivity index is 1.89. The topological polar surface area (TPSA) is 63.2 Å².